The number of aryl methyl sites for hydroxylation is 1. The Labute approximate surface area is 182 Å². The Morgan fingerprint density at radius 2 is 1.45 bits per heavy atom. The molecule has 0 aromatic heterocycles. The average Bonchev–Trinajstić information content (AvgIpc) is 2.78. The van der Waals surface area contributed by atoms with Crippen LogP contribution >= 0.6 is 0 Å². The molecule has 1 amide bonds. The Bertz CT molecular complexity index is 1130. The summed E-state index contributed by atoms with van der Waals surface area (Å²) in [5, 5.41) is 2.75. The summed E-state index contributed by atoms with van der Waals surface area (Å²) in [4.78, 5) is 12.4. The van der Waals surface area contributed by atoms with Crippen LogP contribution in [0.1, 0.15) is 12.0 Å². The van der Waals surface area contributed by atoms with E-state index >= 15 is 0 Å². The minimum atomic E-state index is -3.81. The first-order valence-corrected chi connectivity index (χ1v) is 11.1. The van der Waals surface area contributed by atoms with Crippen molar-refractivity contribution in [2.75, 3.05) is 24.3 Å². The van der Waals surface area contributed by atoms with E-state index in [0.717, 1.165) is 11.3 Å². The van der Waals surface area contributed by atoms with Gasteiger partial charge in [0, 0.05) is 17.8 Å². The van der Waals surface area contributed by atoms with Gasteiger partial charge in [-0.15, -0.1) is 0 Å². The molecule has 3 aromatic rings. The van der Waals surface area contributed by atoms with Gasteiger partial charge in [0.1, 0.15) is 11.5 Å². The summed E-state index contributed by atoms with van der Waals surface area (Å²) in [6.45, 7) is 0. The van der Waals surface area contributed by atoms with Gasteiger partial charge in [0.25, 0.3) is 10.0 Å². The van der Waals surface area contributed by atoms with Gasteiger partial charge in [-0.2, -0.15) is 0 Å². The molecule has 0 aliphatic rings. The molecule has 2 N–H and O–H groups in total. The number of hydrogen-bond acceptors (Lipinski definition) is 5. The van der Waals surface area contributed by atoms with Gasteiger partial charge >= 0.3 is 0 Å². The van der Waals surface area contributed by atoms with Crippen molar-refractivity contribution >= 4 is 27.3 Å². The number of anilines is 2. The fraction of sp³-hybridized carbons (Fsp3) is 0.174. The smallest absolute Gasteiger partial charge is 0.261 e. The van der Waals surface area contributed by atoms with Crippen molar-refractivity contribution in [2.24, 2.45) is 0 Å². The topological polar surface area (TPSA) is 93.7 Å². The van der Waals surface area contributed by atoms with E-state index < -0.39 is 10.0 Å². The highest BCUT2D eigenvalue weighted by Crippen LogP contribution is 2.21. The molecule has 0 fully saturated rings. The summed E-state index contributed by atoms with van der Waals surface area (Å²) >= 11 is 0. The van der Waals surface area contributed by atoms with Gasteiger partial charge in [0.05, 0.1) is 19.1 Å². The lowest BCUT2D eigenvalue weighted by molar-refractivity contribution is -0.116. The Morgan fingerprint density at radius 1 is 0.839 bits per heavy atom. The van der Waals surface area contributed by atoms with Gasteiger partial charge in [0.15, 0.2) is 0 Å². The second kappa shape index (κ2) is 9.99. The van der Waals surface area contributed by atoms with Crippen molar-refractivity contribution in [1.82, 2.24) is 0 Å². The molecule has 0 saturated heterocycles. The monoisotopic (exact) mass is 440 g/mol. The van der Waals surface area contributed by atoms with E-state index in [2.05, 4.69) is 10.0 Å². The van der Waals surface area contributed by atoms with E-state index in [-0.39, 0.29) is 17.2 Å². The summed E-state index contributed by atoms with van der Waals surface area (Å²) in [7, 11) is -0.669. The molecule has 31 heavy (non-hydrogen) atoms. The van der Waals surface area contributed by atoms with Crippen LogP contribution in [0.15, 0.2) is 77.7 Å². The SMILES string of the molecule is COc1ccc(CCC(=O)Nc2cccc(S(=O)(=O)Nc3ccc(OC)cc3)c2)cc1. The van der Waals surface area contributed by atoms with Crippen molar-refractivity contribution in [3.05, 3.63) is 78.4 Å². The minimum absolute atomic E-state index is 0.0521. The van der Waals surface area contributed by atoms with Crippen LogP contribution in [0.4, 0.5) is 11.4 Å². The van der Waals surface area contributed by atoms with E-state index in [0.29, 0.717) is 23.5 Å². The molecular weight excluding hydrogens is 416 g/mol. The lowest BCUT2D eigenvalue weighted by atomic mass is 10.1. The van der Waals surface area contributed by atoms with Crippen LogP contribution in [-0.2, 0) is 21.2 Å². The molecule has 3 rings (SSSR count). The number of nitrogens with one attached hydrogen (secondary N) is 2. The zero-order valence-electron chi connectivity index (χ0n) is 17.3. The van der Waals surface area contributed by atoms with Gasteiger partial charge in [0.2, 0.25) is 5.91 Å². The number of carbonyl (C=O) groups is 1. The van der Waals surface area contributed by atoms with Gasteiger partial charge in [-0.1, -0.05) is 18.2 Å². The van der Waals surface area contributed by atoms with Crippen molar-refractivity contribution in [3.8, 4) is 11.5 Å². The summed E-state index contributed by atoms with van der Waals surface area (Å²) in [6.07, 6.45) is 0.834. The Kier molecular flexibility index (Phi) is 7.15. The van der Waals surface area contributed by atoms with Crippen molar-refractivity contribution in [1.29, 1.82) is 0 Å². The number of sulfonamides is 1. The highest BCUT2D eigenvalue weighted by Gasteiger charge is 2.15. The molecule has 0 radical (unpaired) electrons. The maximum atomic E-state index is 12.7. The van der Waals surface area contributed by atoms with Crippen LogP contribution in [0.3, 0.4) is 0 Å². The fourth-order valence-corrected chi connectivity index (χ4v) is 3.99. The van der Waals surface area contributed by atoms with Crippen LogP contribution in [0.5, 0.6) is 11.5 Å². The molecular formula is C23H24N2O5S. The largest absolute Gasteiger partial charge is 0.497 e. The maximum Gasteiger partial charge on any atom is 0.261 e. The summed E-state index contributed by atoms with van der Waals surface area (Å²) in [5.41, 5.74) is 1.84. The lowest BCUT2D eigenvalue weighted by Gasteiger charge is -2.11. The third-order valence-electron chi connectivity index (χ3n) is 4.57. The van der Waals surface area contributed by atoms with Gasteiger partial charge in [-0.3, -0.25) is 9.52 Å². The van der Waals surface area contributed by atoms with E-state index in [1.807, 2.05) is 24.3 Å². The first kappa shape index (κ1) is 22.2. The molecule has 162 valence electrons. The molecule has 0 spiro atoms. The third kappa shape index (κ3) is 6.23. The quantitative estimate of drug-likeness (QED) is 0.523. The fourth-order valence-electron chi connectivity index (χ4n) is 2.89. The van der Waals surface area contributed by atoms with Crippen molar-refractivity contribution in [3.63, 3.8) is 0 Å². The number of methoxy groups -OCH3 is 2. The van der Waals surface area contributed by atoms with E-state index in [9.17, 15) is 13.2 Å². The highest BCUT2D eigenvalue weighted by atomic mass is 32.2. The molecule has 0 aliphatic heterocycles. The van der Waals surface area contributed by atoms with Crippen LogP contribution in [-0.4, -0.2) is 28.5 Å². The zero-order valence-corrected chi connectivity index (χ0v) is 18.1. The highest BCUT2D eigenvalue weighted by molar-refractivity contribution is 7.92. The zero-order chi connectivity index (χ0) is 22.3. The van der Waals surface area contributed by atoms with Gasteiger partial charge in [-0.25, -0.2) is 8.42 Å². The minimum Gasteiger partial charge on any atom is -0.497 e. The van der Waals surface area contributed by atoms with E-state index in [1.54, 1.807) is 43.5 Å². The number of ether oxygens (including phenoxy) is 2. The lowest BCUT2D eigenvalue weighted by Crippen LogP contribution is -2.15. The Hall–Kier alpha value is -3.52. The molecule has 8 heteroatoms. The maximum absolute atomic E-state index is 12.7. The molecule has 0 atom stereocenters. The molecule has 3 aromatic carbocycles. The number of amides is 1. The standard InChI is InChI=1S/C23H24N2O5S/c1-29-20-11-6-17(7-12-20)8-15-23(26)24-19-4-3-5-22(16-19)31(27,28)25-18-9-13-21(30-2)14-10-18/h3-7,9-14,16,25H,8,15H2,1-2H3,(H,24,26). The predicted molar refractivity (Wildman–Crippen MR) is 120 cm³/mol. The van der Waals surface area contributed by atoms with Gasteiger partial charge < -0.3 is 14.8 Å². The van der Waals surface area contributed by atoms with Gasteiger partial charge in [-0.05, 0) is 66.6 Å². The summed E-state index contributed by atoms with van der Waals surface area (Å²) in [6, 6.07) is 20.2. The number of rotatable bonds is 9. The van der Waals surface area contributed by atoms with Crippen LogP contribution in [0.2, 0.25) is 0 Å². The average molecular weight is 441 g/mol. The number of benzene rings is 3. The summed E-state index contributed by atoms with van der Waals surface area (Å²) < 4.78 is 38.1. The van der Waals surface area contributed by atoms with E-state index in [1.165, 1.54) is 19.2 Å². The third-order valence-corrected chi connectivity index (χ3v) is 5.95. The molecule has 0 aliphatic carbocycles. The van der Waals surface area contributed by atoms with Crippen molar-refractivity contribution in [2.45, 2.75) is 17.7 Å². The molecule has 0 unspecified atom stereocenters. The van der Waals surface area contributed by atoms with E-state index in [4.69, 9.17) is 9.47 Å². The number of hydrogen-bond donors (Lipinski definition) is 2. The number of carbonyl (C=O) groups excluding carboxylic acids is 1. The Morgan fingerprint density at radius 3 is 2.06 bits per heavy atom. The normalized spacial score (nSPS) is 10.9. The second-order valence-corrected chi connectivity index (χ2v) is 8.44. The first-order valence-electron chi connectivity index (χ1n) is 9.59. The van der Waals surface area contributed by atoms with Crippen LogP contribution < -0.4 is 19.5 Å². The predicted octanol–water partition coefficient (Wildman–Crippen LogP) is 4.08. The molecule has 7 nitrogen and oxygen atoms in total. The van der Waals surface area contributed by atoms with Crippen LogP contribution in [0.25, 0.3) is 0 Å². The second-order valence-electron chi connectivity index (χ2n) is 6.76. The molecule has 0 saturated carbocycles. The molecule has 0 bridgehead atoms. The Balaban J connectivity index is 1.62. The summed E-state index contributed by atoms with van der Waals surface area (Å²) in [5.74, 6) is 1.19. The first-order chi connectivity index (χ1) is 14.9. The van der Waals surface area contributed by atoms with Crippen LogP contribution in [0, 0.1) is 0 Å². The van der Waals surface area contributed by atoms with Crippen molar-refractivity contribution < 1.29 is 22.7 Å². The molecule has 0 heterocycles.